The van der Waals surface area contributed by atoms with E-state index in [4.69, 9.17) is 5.11 Å². The van der Waals surface area contributed by atoms with Crippen LogP contribution in [-0.4, -0.2) is 46.6 Å². The Morgan fingerprint density at radius 1 is 1.25 bits per heavy atom. The first-order chi connectivity index (χ1) is 13.6. The highest BCUT2D eigenvalue weighted by Gasteiger charge is 2.45. The molecule has 0 spiro atoms. The summed E-state index contributed by atoms with van der Waals surface area (Å²) in [5.41, 5.74) is 1.47. The summed E-state index contributed by atoms with van der Waals surface area (Å²) < 4.78 is 0. The lowest BCUT2D eigenvalue weighted by Gasteiger charge is -2.19. The van der Waals surface area contributed by atoms with Crippen LogP contribution in [0.4, 0.5) is 0 Å². The molecule has 0 saturated heterocycles. The Morgan fingerprint density at radius 2 is 2.04 bits per heavy atom. The number of rotatable bonds is 9. The minimum atomic E-state index is -0.359. The van der Waals surface area contributed by atoms with E-state index in [1.54, 1.807) is 0 Å². The molecule has 0 radical (unpaired) electrons. The third kappa shape index (κ3) is 5.68. The van der Waals surface area contributed by atoms with Crippen LogP contribution in [0.5, 0.6) is 0 Å². The number of hydrogen-bond acceptors (Lipinski definition) is 4. The molecule has 0 unspecified atom stereocenters. The van der Waals surface area contributed by atoms with Crippen molar-refractivity contribution in [2.75, 3.05) is 13.2 Å². The number of hydrogen-bond donors (Lipinski definition) is 4. The van der Waals surface area contributed by atoms with Gasteiger partial charge in [0, 0.05) is 18.9 Å². The van der Waals surface area contributed by atoms with Crippen molar-refractivity contribution in [3.63, 3.8) is 0 Å². The molecule has 3 fully saturated rings. The summed E-state index contributed by atoms with van der Waals surface area (Å²) in [6, 6.07) is 0. The molecule has 0 heterocycles. The maximum Gasteiger partial charge on any atom is 0.220 e. The molecule has 1 amide bonds. The van der Waals surface area contributed by atoms with E-state index in [2.05, 4.69) is 17.5 Å². The van der Waals surface area contributed by atoms with E-state index in [0.29, 0.717) is 30.7 Å². The van der Waals surface area contributed by atoms with Gasteiger partial charge in [0.05, 0.1) is 18.8 Å². The highest BCUT2D eigenvalue weighted by Crippen LogP contribution is 2.50. The van der Waals surface area contributed by atoms with Gasteiger partial charge in [0.25, 0.3) is 0 Å². The van der Waals surface area contributed by atoms with Crippen LogP contribution in [0.25, 0.3) is 0 Å². The predicted molar refractivity (Wildman–Crippen MR) is 109 cm³/mol. The van der Waals surface area contributed by atoms with Gasteiger partial charge in [-0.1, -0.05) is 36.6 Å². The normalized spacial score (nSPS) is 33.0. The number of carbonyl (C=O) groups excluding carboxylic acids is 1. The number of aliphatic hydroxyl groups is 3. The summed E-state index contributed by atoms with van der Waals surface area (Å²) in [5.74, 6) is 1.61. The SMILES string of the molecule is O=C(CCC/C=C1\C[C@H]2C[C@@H](O)[C@H](/C=C/[C@@H](O)C3CCCC3)[C@H]2C1)NCCO. The van der Waals surface area contributed by atoms with E-state index < -0.39 is 0 Å². The Kier molecular flexibility index (Phi) is 8.12. The molecule has 0 aromatic rings. The van der Waals surface area contributed by atoms with Crippen LogP contribution in [0.15, 0.2) is 23.8 Å². The Morgan fingerprint density at radius 3 is 2.79 bits per heavy atom. The standard InChI is InChI=1S/C23H37NO4/c25-12-11-24-23(28)8-4-1-5-16-13-18-15-22(27)19(20(18)14-16)9-10-21(26)17-6-2-3-7-17/h5,9-10,17-22,25-27H,1-4,6-8,11-15H2,(H,24,28)/b10-9+,16-5+/t18-,19+,20-,21+,22+/m0/s1. The van der Waals surface area contributed by atoms with Gasteiger partial charge in [-0.15, -0.1) is 0 Å². The molecule has 5 nitrogen and oxygen atoms in total. The molecule has 3 aliphatic carbocycles. The van der Waals surface area contributed by atoms with Crippen molar-refractivity contribution in [3.8, 4) is 0 Å². The molecule has 3 aliphatic rings. The average molecular weight is 392 g/mol. The fourth-order valence-corrected chi connectivity index (χ4v) is 5.49. The highest BCUT2D eigenvalue weighted by atomic mass is 16.3. The molecule has 3 saturated carbocycles. The number of allylic oxidation sites excluding steroid dienone is 2. The van der Waals surface area contributed by atoms with Crippen LogP contribution in [0, 0.1) is 23.7 Å². The average Bonchev–Trinajstić information content (AvgIpc) is 3.39. The van der Waals surface area contributed by atoms with Gasteiger partial charge in [0.1, 0.15) is 0 Å². The first kappa shape index (κ1) is 21.5. The van der Waals surface area contributed by atoms with Crippen molar-refractivity contribution in [1.29, 1.82) is 0 Å². The topological polar surface area (TPSA) is 89.8 Å². The zero-order valence-corrected chi connectivity index (χ0v) is 16.9. The first-order valence-corrected chi connectivity index (χ1v) is 11.2. The summed E-state index contributed by atoms with van der Waals surface area (Å²) in [6.45, 7) is 0.313. The number of nitrogens with one attached hydrogen (secondary N) is 1. The Bertz CT molecular complexity index is 567. The van der Waals surface area contributed by atoms with E-state index in [1.165, 1.54) is 18.4 Å². The van der Waals surface area contributed by atoms with Crippen molar-refractivity contribution in [2.24, 2.45) is 23.7 Å². The molecular formula is C23H37NO4. The van der Waals surface area contributed by atoms with E-state index in [0.717, 1.165) is 44.9 Å². The molecule has 158 valence electrons. The molecular weight excluding hydrogens is 354 g/mol. The smallest absolute Gasteiger partial charge is 0.220 e. The fourth-order valence-electron chi connectivity index (χ4n) is 5.49. The van der Waals surface area contributed by atoms with Crippen molar-refractivity contribution < 1.29 is 20.1 Å². The zero-order chi connectivity index (χ0) is 19.9. The van der Waals surface area contributed by atoms with E-state index >= 15 is 0 Å². The van der Waals surface area contributed by atoms with Crippen molar-refractivity contribution in [1.82, 2.24) is 5.32 Å². The molecule has 5 atom stereocenters. The van der Waals surface area contributed by atoms with Gasteiger partial charge >= 0.3 is 0 Å². The molecule has 5 heteroatoms. The lowest BCUT2D eigenvalue weighted by atomic mass is 9.89. The zero-order valence-electron chi connectivity index (χ0n) is 16.9. The third-order valence-electron chi connectivity index (χ3n) is 7.00. The number of amides is 1. The van der Waals surface area contributed by atoms with E-state index in [9.17, 15) is 15.0 Å². The second-order valence-corrected chi connectivity index (χ2v) is 8.96. The second-order valence-electron chi connectivity index (χ2n) is 8.96. The number of fused-ring (bicyclic) bond motifs is 1. The molecule has 4 N–H and O–H groups in total. The van der Waals surface area contributed by atoms with Gasteiger partial charge in [0.2, 0.25) is 5.91 Å². The van der Waals surface area contributed by atoms with E-state index in [-0.39, 0.29) is 30.6 Å². The van der Waals surface area contributed by atoms with Gasteiger partial charge in [-0.2, -0.15) is 0 Å². The quantitative estimate of drug-likeness (QED) is 0.359. The minimum Gasteiger partial charge on any atom is -0.395 e. The van der Waals surface area contributed by atoms with Crippen LogP contribution in [0.3, 0.4) is 0 Å². The lowest BCUT2D eigenvalue weighted by Crippen LogP contribution is -2.25. The molecule has 0 aromatic carbocycles. The summed E-state index contributed by atoms with van der Waals surface area (Å²) >= 11 is 0. The van der Waals surface area contributed by atoms with Gasteiger partial charge < -0.3 is 20.6 Å². The van der Waals surface area contributed by atoms with Crippen molar-refractivity contribution in [2.45, 2.75) is 76.4 Å². The van der Waals surface area contributed by atoms with Crippen LogP contribution >= 0.6 is 0 Å². The van der Waals surface area contributed by atoms with Gasteiger partial charge in [-0.25, -0.2) is 0 Å². The molecule has 0 aromatic heterocycles. The van der Waals surface area contributed by atoms with E-state index in [1.807, 2.05) is 6.08 Å². The Balaban J connectivity index is 1.45. The van der Waals surface area contributed by atoms with Gasteiger partial charge in [-0.3, -0.25) is 4.79 Å². The van der Waals surface area contributed by atoms with Crippen LogP contribution in [-0.2, 0) is 4.79 Å². The number of carbonyl (C=O) groups is 1. The molecule has 0 aliphatic heterocycles. The third-order valence-corrected chi connectivity index (χ3v) is 7.00. The lowest BCUT2D eigenvalue weighted by molar-refractivity contribution is -0.121. The summed E-state index contributed by atoms with van der Waals surface area (Å²) in [6.07, 6.45) is 15.6. The molecule has 28 heavy (non-hydrogen) atoms. The van der Waals surface area contributed by atoms with Crippen molar-refractivity contribution >= 4 is 5.91 Å². The summed E-state index contributed by atoms with van der Waals surface area (Å²) in [7, 11) is 0. The monoisotopic (exact) mass is 391 g/mol. The Labute approximate surface area is 168 Å². The van der Waals surface area contributed by atoms with Gasteiger partial charge in [-0.05, 0) is 62.7 Å². The molecule has 3 rings (SSSR count). The van der Waals surface area contributed by atoms with Crippen LogP contribution < -0.4 is 5.32 Å². The van der Waals surface area contributed by atoms with Crippen LogP contribution in [0.2, 0.25) is 0 Å². The maximum absolute atomic E-state index is 11.6. The Hall–Kier alpha value is -1.17. The van der Waals surface area contributed by atoms with Crippen LogP contribution in [0.1, 0.15) is 64.2 Å². The summed E-state index contributed by atoms with van der Waals surface area (Å²) in [4.78, 5) is 11.6. The maximum atomic E-state index is 11.6. The van der Waals surface area contributed by atoms with Gasteiger partial charge in [0.15, 0.2) is 0 Å². The first-order valence-electron chi connectivity index (χ1n) is 11.2. The predicted octanol–water partition coefficient (Wildman–Crippen LogP) is 2.71. The minimum absolute atomic E-state index is 0.00452. The second kappa shape index (κ2) is 10.6. The largest absolute Gasteiger partial charge is 0.395 e. The van der Waals surface area contributed by atoms with Crippen molar-refractivity contribution in [3.05, 3.63) is 23.8 Å². The number of aliphatic hydroxyl groups excluding tert-OH is 3. The summed E-state index contributed by atoms with van der Waals surface area (Å²) in [5, 5.41) is 32.3. The molecule has 0 bridgehead atoms. The highest BCUT2D eigenvalue weighted by molar-refractivity contribution is 5.75. The number of unbranched alkanes of at least 4 members (excludes halogenated alkanes) is 1. The fraction of sp³-hybridized carbons (Fsp3) is 0.783.